The second-order valence-corrected chi connectivity index (χ2v) is 4.87. The fraction of sp³-hybridized carbons (Fsp3) is 0.333. The number of hydrogen-bond donors (Lipinski definition) is 1. The van der Waals surface area contributed by atoms with Gasteiger partial charge >= 0.3 is 0 Å². The number of rotatable bonds is 2. The van der Waals surface area contributed by atoms with Gasteiger partial charge in [-0.2, -0.15) is 0 Å². The molecule has 1 aromatic carbocycles. The van der Waals surface area contributed by atoms with Gasteiger partial charge in [-0.1, -0.05) is 0 Å². The molecule has 6 heteroatoms. The molecule has 1 aromatic heterocycles. The molecule has 1 aliphatic rings. The summed E-state index contributed by atoms with van der Waals surface area (Å²) in [5, 5.41) is 1.23. The van der Waals surface area contributed by atoms with Crippen LogP contribution in [-0.2, 0) is 4.74 Å². The Bertz CT molecular complexity index is 732. The SMILES string of the molecule is COc1ccc2c(=O)[nH]c(C(=O)N3CCOCC3)cc2c1. The van der Waals surface area contributed by atoms with E-state index in [2.05, 4.69) is 4.98 Å². The average Bonchev–Trinajstić information content (AvgIpc) is 2.54. The number of carbonyl (C=O) groups is 1. The van der Waals surface area contributed by atoms with Gasteiger partial charge in [0.1, 0.15) is 11.4 Å². The molecule has 1 saturated heterocycles. The second-order valence-electron chi connectivity index (χ2n) is 4.87. The molecule has 1 N–H and O–H groups in total. The van der Waals surface area contributed by atoms with Crippen molar-refractivity contribution in [2.75, 3.05) is 33.4 Å². The quantitative estimate of drug-likeness (QED) is 0.895. The van der Waals surface area contributed by atoms with Crippen LogP contribution in [0.1, 0.15) is 10.5 Å². The third kappa shape index (κ3) is 2.62. The van der Waals surface area contributed by atoms with E-state index in [0.717, 1.165) is 0 Å². The number of nitrogens with one attached hydrogen (secondary N) is 1. The van der Waals surface area contributed by atoms with Gasteiger partial charge < -0.3 is 19.4 Å². The largest absolute Gasteiger partial charge is 0.497 e. The zero-order chi connectivity index (χ0) is 14.8. The third-order valence-corrected chi connectivity index (χ3v) is 3.58. The molecule has 21 heavy (non-hydrogen) atoms. The molecule has 0 radical (unpaired) electrons. The number of carbonyl (C=O) groups excluding carboxylic acids is 1. The Balaban J connectivity index is 2.02. The van der Waals surface area contributed by atoms with Crippen molar-refractivity contribution in [2.45, 2.75) is 0 Å². The molecule has 0 saturated carbocycles. The summed E-state index contributed by atoms with van der Waals surface area (Å²) < 4.78 is 10.4. The van der Waals surface area contributed by atoms with E-state index in [0.29, 0.717) is 48.5 Å². The molecule has 3 rings (SSSR count). The topological polar surface area (TPSA) is 71.6 Å². The molecule has 6 nitrogen and oxygen atoms in total. The molecule has 0 unspecified atom stereocenters. The predicted molar refractivity (Wildman–Crippen MR) is 77.8 cm³/mol. The number of pyridine rings is 1. The zero-order valence-electron chi connectivity index (χ0n) is 11.7. The van der Waals surface area contributed by atoms with E-state index in [1.165, 1.54) is 0 Å². The number of nitrogens with zero attached hydrogens (tertiary/aromatic N) is 1. The van der Waals surface area contributed by atoms with E-state index in [9.17, 15) is 9.59 Å². The minimum absolute atomic E-state index is 0.180. The summed E-state index contributed by atoms with van der Waals surface area (Å²) in [5.41, 5.74) is 0.0226. The van der Waals surface area contributed by atoms with Crippen LogP contribution in [0.4, 0.5) is 0 Å². The van der Waals surface area contributed by atoms with Crippen molar-refractivity contribution < 1.29 is 14.3 Å². The average molecular weight is 288 g/mol. The number of fused-ring (bicyclic) bond motifs is 1. The lowest BCUT2D eigenvalue weighted by Crippen LogP contribution is -2.41. The normalized spacial score (nSPS) is 15.2. The molecule has 2 aromatic rings. The van der Waals surface area contributed by atoms with Crippen molar-refractivity contribution in [3.05, 3.63) is 40.3 Å². The number of benzene rings is 1. The summed E-state index contributed by atoms with van der Waals surface area (Å²) in [6, 6.07) is 6.86. The first-order chi connectivity index (χ1) is 10.2. The van der Waals surface area contributed by atoms with Gasteiger partial charge in [-0.05, 0) is 29.7 Å². The van der Waals surface area contributed by atoms with E-state index < -0.39 is 0 Å². The lowest BCUT2D eigenvalue weighted by atomic mass is 10.1. The van der Waals surface area contributed by atoms with Gasteiger partial charge in [-0.25, -0.2) is 0 Å². The highest BCUT2D eigenvalue weighted by Crippen LogP contribution is 2.19. The first-order valence-corrected chi connectivity index (χ1v) is 6.77. The fourth-order valence-corrected chi connectivity index (χ4v) is 2.43. The van der Waals surface area contributed by atoms with Crippen molar-refractivity contribution in [1.29, 1.82) is 0 Å². The van der Waals surface area contributed by atoms with Gasteiger partial charge in [0.2, 0.25) is 0 Å². The van der Waals surface area contributed by atoms with Gasteiger partial charge in [0, 0.05) is 18.5 Å². The molecule has 0 bridgehead atoms. The summed E-state index contributed by atoms with van der Waals surface area (Å²) in [5.74, 6) is 0.470. The molecule has 0 atom stereocenters. The number of aromatic amines is 1. The highest BCUT2D eigenvalue weighted by atomic mass is 16.5. The van der Waals surface area contributed by atoms with Gasteiger partial charge in [0.05, 0.1) is 20.3 Å². The van der Waals surface area contributed by atoms with Gasteiger partial charge in [-0.3, -0.25) is 9.59 Å². The molecule has 110 valence electrons. The van der Waals surface area contributed by atoms with Crippen molar-refractivity contribution in [3.63, 3.8) is 0 Å². The number of amides is 1. The molecule has 1 amide bonds. The van der Waals surface area contributed by atoms with Crippen LogP contribution >= 0.6 is 0 Å². The number of methoxy groups -OCH3 is 1. The maximum Gasteiger partial charge on any atom is 0.270 e. The lowest BCUT2D eigenvalue weighted by Gasteiger charge is -2.26. The number of ether oxygens (including phenoxy) is 2. The number of hydrogen-bond acceptors (Lipinski definition) is 4. The van der Waals surface area contributed by atoms with Crippen molar-refractivity contribution >= 4 is 16.7 Å². The van der Waals surface area contributed by atoms with E-state index >= 15 is 0 Å². The Morgan fingerprint density at radius 1 is 1.29 bits per heavy atom. The highest BCUT2D eigenvalue weighted by Gasteiger charge is 2.20. The third-order valence-electron chi connectivity index (χ3n) is 3.58. The van der Waals surface area contributed by atoms with Crippen LogP contribution < -0.4 is 10.3 Å². The van der Waals surface area contributed by atoms with Gasteiger partial charge in [0.15, 0.2) is 0 Å². The maximum absolute atomic E-state index is 12.4. The number of aromatic nitrogens is 1. The summed E-state index contributed by atoms with van der Waals surface area (Å²) in [7, 11) is 1.56. The monoisotopic (exact) mass is 288 g/mol. The van der Waals surface area contributed by atoms with Gasteiger partial charge in [-0.15, -0.1) is 0 Å². The summed E-state index contributed by atoms with van der Waals surface area (Å²) in [4.78, 5) is 28.9. The molecule has 2 heterocycles. The van der Waals surface area contributed by atoms with E-state index in [1.54, 1.807) is 36.3 Å². The summed E-state index contributed by atoms with van der Waals surface area (Å²) in [6.07, 6.45) is 0. The fourth-order valence-electron chi connectivity index (χ4n) is 2.43. The molecule has 1 fully saturated rings. The van der Waals surface area contributed by atoms with Crippen LogP contribution in [0, 0.1) is 0 Å². The zero-order valence-corrected chi connectivity index (χ0v) is 11.7. The summed E-state index contributed by atoms with van der Waals surface area (Å²) in [6.45, 7) is 2.13. The first kappa shape index (κ1) is 13.6. The Kier molecular flexibility index (Phi) is 3.62. The van der Waals surface area contributed by atoms with Crippen LogP contribution in [0.15, 0.2) is 29.1 Å². The molecular formula is C15H16N2O4. The first-order valence-electron chi connectivity index (χ1n) is 6.77. The van der Waals surface area contributed by atoms with Crippen molar-refractivity contribution in [1.82, 2.24) is 9.88 Å². The highest BCUT2D eigenvalue weighted by molar-refractivity contribution is 5.96. The predicted octanol–water partition coefficient (Wildman–Crippen LogP) is 1.01. The smallest absolute Gasteiger partial charge is 0.270 e. The maximum atomic E-state index is 12.4. The van der Waals surface area contributed by atoms with E-state index in [4.69, 9.17) is 9.47 Å². The number of morpholine rings is 1. The van der Waals surface area contributed by atoms with Gasteiger partial charge in [0.25, 0.3) is 11.5 Å². The van der Waals surface area contributed by atoms with Crippen LogP contribution in [0.3, 0.4) is 0 Å². The Hall–Kier alpha value is -2.34. The Labute approximate surface area is 121 Å². The van der Waals surface area contributed by atoms with Crippen LogP contribution in [-0.4, -0.2) is 49.2 Å². The number of H-pyrrole nitrogens is 1. The van der Waals surface area contributed by atoms with Crippen molar-refractivity contribution in [2.24, 2.45) is 0 Å². The van der Waals surface area contributed by atoms with Crippen molar-refractivity contribution in [3.8, 4) is 5.75 Å². The summed E-state index contributed by atoms with van der Waals surface area (Å²) >= 11 is 0. The van der Waals surface area contributed by atoms with E-state index in [-0.39, 0.29) is 11.5 Å². The van der Waals surface area contributed by atoms with Crippen LogP contribution in [0.2, 0.25) is 0 Å². The Morgan fingerprint density at radius 2 is 2.05 bits per heavy atom. The standard InChI is InChI=1S/C15H16N2O4/c1-20-11-2-3-12-10(8-11)9-13(16-14(12)18)15(19)17-4-6-21-7-5-17/h2-3,8-9H,4-7H2,1H3,(H,16,18). The second kappa shape index (κ2) is 5.57. The van der Waals surface area contributed by atoms with Crippen LogP contribution in [0.25, 0.3) is 10.8 Å². The molecule has 0 aliphatic carbocycles. The molecule has 0 spiro atoms. The van der Waals surface area contributed by atoms with Crippen LogP contribution in [0.5, 0.6) is 5.75 Å². The lowest BCUT2D eigenvalue weighted by molar-refractivity contribution is 0.0299. The minimum Gasteiger partial charge on any atom is -0.497 e. The molecular weight excluding hydrogens is 272 g/mol. The molecule has 1 aliphatic heterocycles. The minimum atomic E-state index is -0.272. The Morgan fingerprint density at radius 3 is 2.76 bits per heavy atom. The van der Waals surface area contributed by atoms with E-state index in [1.807, 2.05) is 0 Å².